The van der Waals surface area contributed by atoms with Crippen LogP contribution in [0.15, 0.2) is 6.07 Å². The lowest BCUT2D eigenvalue weighted by atomic mass is 9.94. The SMILES string of the molecule is CCCC(C)N(C)c1nc2c(cc1C#N)CCCC2. The number of aromatic nitrogens is 1. The highest BCUT2D eigenvalue weighted by atomic mass is 15.2. The van der Waals surface area contributed by atoms with Crippen LogP contribution in [0.3, 0.4) is 0 Å². The first-order chi connectivity index (χ1) is 9.17. The Hall–Kier alpha value is -1.56. The van der Waals surface area contributed by atoms with Crippen molar-refractivity contribution in [3.8, 4) is 6.07 Å². The van der Waals surface area contributed by atoms with E-state index in [1.54, 1.807) is 0 Å². The van der Waals surface area contributed by atoms with Gasteiger partial charge in [0.2, 0.25) is 0 Å². The highest BCUT2D eigenvalue weighted by molar-refractivity contribution is 5.56. The molecule has 0 bridgehead atoms. The van der Waals surface area contributed by atoms with E-state index in [1.807, 2.05) is 0 Å². The summed E-state index contributed by atoms with van der Waals surface area (Å²) >= 11 is 0. The minimum Gasteiger partial charge on any atom is -0.356 e. The van der Waals surface area contributed by atoms with E-state index >= 15 is 0 Å². The number of anilines is 1. The highest BCUT2D eigenvalue weighted by Crippen LogP contribution is 2.27. The zero-order chi connectivity index (χ0) is 13.8. The van der Waals surface area contributed by atoms with Crippen molar-refractivity contribution in [2.45, 2.75) is 58.4 Å². The number of hydrogen-bond donors (Lipinski definition) is 0. The van der Waals surface area contributed by atoms with Gasteiger partial charge in [0.1, 0.15) is 11.9 Å². The predicted molar refractivity (Wildman–Crippen MR) is 78.4 cm³/mol. The molecule has 0 radical (unpaired) electrons. The Morgan fingerprint density at radius 1 is 1.42 bits per heavy atom. The van der Waals surface area contributed by atoms with Crippen molar-refractivity contribution in [1.82, 2.24) is 4.98 Å². The summed E-state index contributed by atoms with van der Waals surface area (Å²) in [6.45, 7) is 4.39. The van der Waals surface area contributed by atoms with Gasteiger partial charge < -0.3 is 4.90 Å². The Morgan fingerprint density at radius 2 is 2.16 bits per heavy atom. The van der Waals surface area contributed by atoms with E-state index in [9.17, 15) is 5.26 Å². The number of nitriles is 1. The molecule has 1 aromatic rings. The van der Waals surface area contributed by atoms with Gasteiger partial charge in [-0.1, -0.05) is 13.3 Å². The van der Waals surface area contributed by atoms with Gasteiger partial charge in [0.05, 0.1) is 5.56 Å². The smallest absolute Gasteiger partial charge is 0.146 e. The van der Waals surface area contributed by atoms with E-state index < -0.39 is 0 Å². The molecule has 0 N–H and O–H groups in total. The van der Waals surface area contributed by atoms with Crippen molar-refractivity contribution >= 4 is 5.82 Å². The minimum atomic E-state index is 0.422. The van der Waals surface area contributed by atoms with Crippen molar-refractivity contribution in [2.75, 3.05) is 11.9 Å². The number of aryl methyl sites for hydroxylation is 2. The molecular formula is C16H23N3. The lowest BCUT2D eigenvalue weighted by Gasteiger charge is -2.28. The Bertz CT molecular complexity index is 488. The molecule has 0 spiro atoms. The van der Waals surface area contributed by atoms with Crippen LogP contribution in [0.4, 0.5) is 5.82 Å². The fraction of sp³-hybridized carbons (Fsp3) is 0.625. The van der Waals surface area contributed by atoms with Crippen LogP contribution in [-0.4, -0.2) is 18.1 Å². The first kappa shape index (κ1) is 13.9. The summed E-state index contributed by atoms with van der Waals surface area (Å²) in [5, 5.41) is 9.36. The van der Waals surface area contributed by atoms with Gasteiger partial charge in [-0.05, 0) is 50.7 Å². The average molecular weight is 257 g/mol. The highest BCUT2D eigenvalue weighted by Gasteiger charge is 2.19. The van der Waals surface area contributed by atoms with E-state index in [0.717, 1.165) is 37.1 Å². The summed E-state index contributed by atoms with van der Waals surface area (Å²) in [5.74, 6) is 0.865. The molecule has 0 amide bonds. The maximum absolute atomic E-state index is 9.36. The van der Waals surface area contributed by atoms with E-state index in [-0.39, 0.29) is 0 Å². The summed E-state index contributed by atoms with van der Waals surface area (Å²) in [7, 11) is 2.05. The van der Waals surface area contributed by atoms with E-state index in [4.69, 9.17) is 4.98 Å². The Labute approximate surface area is 116 Å². The Balaban J connectivity index is 2.36. The molecule has 0 saturated heterocycles. The maximum Gasteiger partial charge on any atom is 0.146 e. The standard InChI is InChI=1S/C16H23N3/c1-4-7-12(2)19(3)16-14(11-17)10-13-8-5-6-9-15(13)18-16/h10,12H,4-9H2,1-3H3. The normalized spacial score (nSPS) is 15.5. The predicted octanol–water partition coefficient (Wildman–Crippen LogP) is 3.46. The third-order valence-corrected chi connectivity index (χ3v) is 4.10. The average Bonchev–Trinajstić information content (AvgIpc) is 2.45. The van der Waals surface area contributed by atoms with E-state index in [0.29, 0.717) is 6.04 Å². The lowest BCUT2D eigenvalue weighted by Crippen LogP contribution is -2.30. The molecule has 0 aliphatic heterocycles. The van der Waals surface area contributed by atoms with Crippen LogP contribution in [0.5, 0.6) is 0 Å². The fourth-order valence-electron chi connectivity index (χ4n) is 2.79. The number of pyridine rings is 1. The first-order valence-electron chi connectivity index (χ1n) is 7.33. The van der Waals surface area contributed by atoms with E-state index in [1.165, 1.54) is 24.1 Å². The molecule has 0 fully saturated rings. The topological polar surface area (TPSA) is 39.9 Å². The Morgan fingerprint density at radius 3 is 2.84 bits per heavy atom. The van der Waals surface area contributed by atoms with Gasteiger partial charge in [-0.3, -0.25) is 0 Å². The molecule has 1 aromatic heterocycles. The molecule has 19 heavy (non-hydrogen) atoms. The quantitative estimate of drug-likeness (QED) is 0.829. The zero-order valence-corrected chi connectivity index (χ0v) is 12.2. The summed E-state index contributed by atoms with van der Waals surface area (Å²) < 4.78 is 0. The molecule has 1 atom stereocenters. The van der Waals surface area contributed by atoms with E-state index in [2.05, 4.69) is 37.9 Å². The maximum atomic E-state index is 9.36. The van der Waals surface area contributed by atoms with Crippen molar-refractivity contribution in [3.63, 3.8) is 0 Å². The summed E-state index contributed by atoms with van der Waals surface area (Å²) in [5.41, 5.74) is 3.21. The lowest BCUT2D eigenvalue weighted by molar-refractivity contribution is 0.605. The van der Waals surface area contributed by atoms with Crippen LogP contribution in [0.2, 0.25) is 0 Å². The van der Waals surface area contributed by atoms with Gasteiger partial charge in [-0.15, -0.1) is 0 Å². The largest absolute Gasteiger partial charge is 0.356 e. The fourth-order valence-corrected chi connectivity index (χ4v) is 2.79. The second-order valence-electron chi connectivity index (χ2n) is 5.53. The third-order valence-electron chi connectivity index (χ3n) is 4.10. The molecular weight excluding hydrogens is 234 g/mol. The first-order valence-corrected chi connectivity index (χ1v) is 7.33. The number of hydrogen-bond acceptors (Lipinski definition) is 3. The van der Waals surface area contributed by atoms with Crippen LogP contribution in [0.25, 0.3) is 0 Å². The molecule has 1 aliphatic rings. The van der Waals surface area contributed by atoms with Gasteiger partial charge in [0.15, 0.2) is 0 Å². The summed E-state index contributed by atoms with van der Waals surface area (Å²) in [6.07, 6.45) is 6.86. The molecule has 3 nitrogen and oxygen atoms in total. The third kappa shape index (κ3) is 2.89. The Kier molecular flexibility index (Phi) is 4.42. The van der Waals surface area contributed by atoms with Crippen molar-refractivity contribution in [2.24, 2.45) is 0 Å². The van der Waals surface area contributed by atoms with Crippen molar-refractivity contribution in [1.29, 1.82) is 5.26 Å². The molecule has 1 aliphatic carbocycles. The molecule has 2 rings (SSSR count). The second kappa shape index (κ2) is 6.06. The zero-order valence-electron chi connectivity index (χ0n) is 12.2. The molecule has 0 saturated carbocycles. The van der Waals surface area contributed by atoms with Gasteiger partial charge in [-0.2, -0.15) is 5.26 Å². The molecule has 0 aromatic carbocycles. The number of nitrogens with zero attached hydrogens (tertiary/aromatic N) is 3. The van der Waals surface area contributed by atoms with Gasteiger partial charge in [-0.25, -0.2) is 4.98 Å². The van der Waals surface area contributed by atoms with Crippen LogP contribution in [-0.2, 0) is 12.8 Å². The van der Waals surface area contributed by atoms with Crippen molar-refractivity contribution < 1.29 is 0 Å². The van der Waals surface area contributed by atoms with Crippen LogP contribution in [0, 0.1) is 11.3 Å². The van der Waals surface area contributed by atoms with Gasteiger partial charge >= 0.3 is 0 Å². The number of fused-ring (bicyclic) bond motifs is 1. The van der Waals surface area contributed by atoms with Crippen LogP contribution >= 0.6 is 0 Å². The molecule has 1 unspecified atom stereocenters. The van der Waals surface area contributed by atoms with Crippen molar-refractivity contribution in [3.05, 3.63) is 22.9 Å². The molecule has 3 heteroatoms. The van der Waals surface area contributed by atoms with Gasteiger partial charge in [0, 0.05) is 18.8 Å². The second-order valence-corrected chi connectivity index (χ2v) is 5.53. The van der Waals surface area contributed by atoms with Crippen LogP contribution in [0.1, 0.15) is 56.4 Å². The summed E-state index contributed by atoms with van der Waals surface area (Å²) in [6, 6.07) is 4.80. The number of rotatable bonds is 4. The molecule has 1 heterocycles. The summed E-state index contributed by atoms with van der Waals surface area (Å²) in [4.78, 5) is 6.95. The van der Waals surface area contributed by atoms with Crippen LogP contribution < -0.4 is 4.90 Å². The molecule has 102 valence electrons. The minimum absolute atomic E-state index is 0.422. The monoisotopic (exact) mass is 257 g/mol. The van der Waals surface area contributed by atoms with Gasteiger partial charge in [0.25, 0.3) is 0 Å².